The fraction of sp³-hybridized carbons (Fsp3) is 0.900. The predicted molar refractivity (Wildman–Crippen MR) is 63.5 cm³/mol. The molecule has 1 N–H and O–H groups in total. The van der Waals surface area contributed by atoms with Crippen molar-refractivity contribution in [2.24, 2.45) is 0 Å². The van der Waals surface area contributed by atoms with E-state index in [1.807, 2.05) is 6.26 Å². The molecule has 1 rings (SSSR count). The van der Waals surface area contributed by atoms with E-state index in [1.54, 1.807) is 11.8 Å². The van der Waals surface area contributed by atoms with Crippen LogP contribution >= 0.6 is 11.8 Å². The van der Waals surface area contributed by atoms with Gasteiger partial charge in [0.05, 0.1) is 0 Å². The number of aliphatic carboxylic acids is 1. The highest BCUT2D eigenvalue weighted by Gasteiger charge is 2.27. The van der Waals surface area contributed by atoms with Crippen LogP contribution in [0.1, 0.15) is 6.42 Å². The summed E-state index contributed by atoms with van der Waals surface area (Å²) in [5.41, 5.74) is 0. The molecule has 1 aliphatic rings. The van der Waals surface area contributed by atoms with Gasteiger partial charge in [0.2, 0.25) is 0 Å². The van der Waals surface area contributed by atoms with Crippen LogP contribution in [0.3, 0.4) is 0 Å². The lowest BCUT2D eigenvalue weighted by molar-refractivity contribution is -0.144. The molecule has 4 nitrogen and oxygen atoms in total. The van der Waals surface area contributed by atoms with Gasteiger partial charge in [0, 0.05) is 26.2 Å². The lowest BCUT2D eigenvalue weighted by Crippen LogP contribution is -2.51. The lowest BCUT2D eigenvalue weighted by Gasteiger charge is -2.36. The van der Waals surface area contributed by atoms with Crippen molar-refractivity contribution in [3.63, 3.8) is 0 Å². The molecule has 0 aromatic rings. The van der Waals surface area contributed by atoms with E-state index >= 15 is 0 Å². The third-order valence-corrected chi connectivity index (χ3v) is 3.50. The van der Waals surface area contributed by atoms with E-state index < -0.39 is 5.97 Å². The zero-order valence-corrected chi connectivity index (χ0v) is 10.3. The number of hydrogen-bond donors (Lipinski definition) is 1. The van der Waals surface area contributed by atoms with Crippen LogP contribution in [-0.2, 0) is 4.79 Å². The van der Waals surface area contributed by atoms with Crippen LogP contribution in [0.2, 0.25) is 0 Å². The number of carboxylic acid groups (broad SMARTS) is 1. The third kappa shape index (κ3) is 4.01. The normalized spacial score (nSPS) is 21.5. The molecule has 1 atom stereocenters. The van der Waals surface area contributed by atoms with E-state index in [9.17, 15) is 4.79 Å². The van der Waals surface area contributed by atoms with Gasteiger partial charge >= 0.3 is 5.97 Å². The molecule has 0 aliphatic carbocycles. The molecular weight excluding hydrogens is 212 g/mol. The molecule has 15 heavy (non-hydrogen) atoms. The summed E-state index contributed by atoms with van der Waals surface area (Å²) in [5, 5.41) is 9.15. The van der Waals surface area contributed by atoms with Crippen molar-refractivity contribution in [2.45, 2.75) is 12.5 Å². The Labute approximate surface area is 95.6 Å². The van der Waals surface area contributed by atoms with Crippen molar-refractivity contribution in [3.05, 3.63) is 0 Å². The van der Waals surface area contributed by atoms with E-state index in [2.05, 4.69) is 16.8 Å². The van der Waals surface area contributed by atoms with Gasteiger partial charge in [0.25, 0.3) is 0 Å². The first kappa shape index (κ1) is 12.8. The summed E-state index contributed by atoms with van der Waals surface area (Å²) in [6.45, 7) is 3.70. The molecule has 1 aliphatic heterocycles. The highest BCUT2D eigenvalue weighted by molar-refractivity contribution is 7.98. The molecule has 0 aromatic heterocycles. The summed E-state index contributed by atoms with van der Waals surface area (Å²) >= 11 is 1.71. The Bertz CT molecular complexity index is 206. The first-order valence-corrected chi connectivity index (χ1v) is 6.69. The van der Waals surface area contributed by atoms with Crippen LogP contribution in [-0.4, -0.2) is 72.2 Å². The van der Waals surface area contributed by atoms with Gasteiger partial charge in [-0.05, 0) is 25.5 Å². The van der Waals surface area contributed by atoms with Gasteiger partial charge in [0.1, 0.15) is 6.04 Å². The predicted octanol–water partition coefficient (Wildman–Crippen LogP) is 0.440. The van der Waals surface area contributed by atoms with Crippen LogP contribution in [0, 0.1) is 0 Å². The number of likely N-dealkylation sites (N-methyl/N-ethyl adjacent to an activating group) is 1. The molecule has 0 amide bonds. The standard InChI is InChI=1S/C10H20N2O2S/c1-11-4-6-12(7-5-11)9(10(13)14)3-8-15-2/h9H,3-8H2,1-2H3,(H,13,14). The summed E-state index contributed by atoms with van der Waals surface area (Å²) in [7, 11) is 2.08. The van der Waals surface area contributed by atoms with Crippen molar-refractivity contribution in [2.75, 3.05) is 45.2 Å². The topological polar surface area (TPSA) is 43.8 Å². The molecule has 1 saturated heterocycles. The Balaban J connectivity index is 2.44. The first-order chi connectivity index (χ1) is 7.15. The van der Waals surface area contributed by atoms with E-state index in [0.717, 1.165) is 38.4 Å². The van der Waals surface area contributed by atoms with E-state index in [4.69, 9.17) is 5.11 Å². The Hall–Kier alpha value is -0.260. The monoisotopic (exact) mass is 232 g/mol. The second-order valence-corrected chi connectivity index (χ2v) is 4.96. The van der Waals surface area contributed by atoms with Gasteiger partial charge in [-0.2, -0.15) is 11.8 Å². The van der Waals surface area contributed by atoms with Crippen molar-refractivity contribution >= 4 is 17.7 Å². The molecule has 0 aromatic carbocycles. The number of carbonyl (C=O) groups is 1. The van der Waals surface area contributed by atoms with Crippen LogP contribution in [0.15, 0.2) is 0 Å². The maximum Gasteiger partial charge on any atom is 0.320 e. The van der Waals surface area contributed by atoms with E-state index in [-0.39, 0.29) is 6.04 Å². The Morgan fingerprint density at radius 1 is 1.40 bits per heavy atom. The molecular formula is C10H20N2O2S. The Kier molecular flexibility index (Phi) is 5.42. The Morgan fingerprint density at radius 2 is 2.00 bits per heavy atom. The molecule has 0 bridgehead atoms. The van der Waals surface area contributed by atoms with Crippen LogP contribution in [0.25, 0.3) is 0 Å². The summed E-state index contributed by atoms with van der Waals surface area (Å²) in [4.78, 5) is 15.5. The molecule has 5 heteroatoms. The minimum absolute atomic E-state index is 0.286. The summed E-state index contributed by atoms with van der Waals surface area (Å²) in [6.07, 6.45) is 2.77. The smallest absolute Gasteiger partial charge is 0.320 e. The van der Waals surface area contributed by atoms with Crippen molar-refractivity contribution in [1.29, 1.82) is 0 Å². The second-order valence-electron chi connectivity index (χ2n) is 3.97. The molecule has 1 heterocycles. The SMILES string of the molecule is CSCCC(C(=O)O)N1CCN(C)CC1. The van der Waals surface area contributed by atoms with Gasteiger partial charge in [-0.1, -0.05) is 0 Å². The molecule has 0 saturated carbocycles. The maximum atomic E-state index is 11.1. The highest BCUT2D eigenvalue weighted by Crippen LogP contribution is 2.11. The van der Waals surface area contributed by atoms with E-state index in [1.165, 1.54) is 0 Å². The summed E-state index contributed by atoms with van der Waals surface area (Å²) in [6, 6.07) is -0.286. The molecule has 0 spiro atoms. The van der Waals surface area contributed by atoms with Gasteiger partial charge in [-0.25, -0.2) is 0 Å². The van der Waals surface area contributed by atoms with Crippen LogP contribution in [0.5, 0.6) is 0 Å². The quantitative estimate of drug-likeness (QED) is 0.745. The molecule has 1 unspecified atom stereocenters. The zero-order chi connectivity index (χ0) is 11.3. The average molecular weight is 232 g/mol. The summed E-state index contributed by atoms with van der Waals surface area (Å²) < 4.78 is 0. The van der Waals surface area contributed by atoms with Crippen LogP contribution in [0.4, 0.5) is 0 Å². The number of hydrogen-bond acceptors (Lipinski definition) is 4. The van der Waals surface area contributed by atoms with Gasteiger partial charge < -0.3 is 10.0 Å². The second kappa shape index (κ2) is 6.35. The minimum Gasteiger partial charge on any atom is -0.480 e. The first-order valence-electron chi connectivity index (χ1n) is 5.29. The summed E-state index contributed by atoms with van der Waals surface area (Å²) in [5.74, 6) is 0.247. The van der Waals surface area contributed by atoms with Gasteiger partial charge in [-0.3, -0.25) is 9.69 Å². The van der Waals surface area contributed by atoms with E-state index in [0.29, 0.717) is 0 Å². The fourth-order valence-corrected chi connectivity index (χ4v) is 2.28. The fourth-order valence-electron chi connectivity index (χ4n) is 1.83. The van der Waals surface area contributed by atoms with Crippen LogP contribution < -0.4 is 0 Å². The molecule has 1 fully saturated rings. The van der Waals surface area contributed by atoms with Gasteiger partial charge in [0.15, 0.2) is 0 Å². The highest BCUT2D eigenvalue weighted by atomic mass is 32.2. The van der Waals surface area contributed by atoms with Gasteiger partial charge in [-0.15, -0.1) is 0 Å². The number of piperazine rings is 1. The van der Waals surface area contributed by atoms with Crippen molar-refractivity contribution in [3.8, 4) is 0 Å². The number of carboxylic acids is 1. The number of rotatable bonds is 5. The number of nitrogens with zero attached hydrogens (tertiary/aromatic N) is 2. The maximum absolute atomic E-state index is 11.1. The van der Waals surface area contributed by atoms with Crippen molar-refractivity contribution in [1.82, 2.24) is 9.80 Å². The number of thioether (sulfide) groups is 1. The lowest BCUT2D eigenvalue weighted by atomic mass is 10.1. The Morgan fingerprint density at radius 3 is 2.47 bits per heavy atom. The molecule has 88 valence electrons. The minimum atomic E-state index is -0.673. The largest absolute Gasteiger partial charge is 0.480 e. The zero-order valence-electron chi connectivity index (χ0n) is 9.48. The average Bonchev–Trinajstić information content (AvgIpc) is 2.21. The molecule has 0 radical (unpaired) electrons. The third-order valence-electron chi connectivity index (χ3n) is 2.86. The van der Waals surface area contributed by atoms with Crippen molar-refractivity contribution < 1.29 is 9.90 Å².